The number of carbonyl (C=O) groups excluding carboxylic acids is 1. The Bertz CT molecular complexity index is 523. The first-order chi connectivity index (χ1) is 8.74. The average molecular weight is 262 g/mol. The van der Waals surface area contributed by atoms with E-state index in [0.29, 0.717) is 5.56 Å². The Balaban J connectivity index is 2.95. The summed E-state index contributed by atoms with van der Waals surface area (Å²) in [5.74, 6) is -1.75. The number of carbonyl (C=O) groups is 1. The highest BCUT2D eigenvalue weighted by atomic mass is 16.6. The number of ether oxygens (including phenoxy) is 1. The number of nitrogens with zero attached hydrogens (tertiary/aromatic N) is 2. The molecule has 0 bridgehead atoms. The summed E-state index contributed by atoms with van der Waals surface area (Å²) in [5, 5.41) is 19.6. The molecule has 1 aromatic rings. The maximum absolute atomic E-state index is 11.8. The van der Waals surface area contributed by atoms with Crippen LogP contribution in [-0.4, -0.2) is 16.5 Å². The van der Waals surface area contributed by atoms with Gasteiger partial charge in [-0.05, 0) is 26.3 Å². The van der Waals surface area contributed by atoms with E-state index in [1.54, 1.807) is 20.8 Å². The SMILES string of the molecule is CC(C)(C)OC(=O)C(C#N)c1ccc([N+](=O)[O-])cc1. The number of non-ortho nitro benzene ring substituents is 1. The Kier molecular flexibility index (Phi) is 4.22. The molecule has 0 aliphatic heterocycles. The lowest BCUT2D eigenvalue weighted by atomic mass is 10.00. The number of benzene rings is 1. The van der Waals surface area contributed by atoms with Gasteiger partial charge in [-0.15, -0.1) is 0 Å². The maximum atomic E-state index is 11.8. The predicted molar refractivity (Wildman–Crippen MR) is 67.3 cm³/mol. The second-order valence-corrected chi connectivity index (χ2v) is 4.94. The molecule has 0 heterocycles. The van der Waals surface area contributed by atoms with E-state index in [9.17, 15) is 14.9 Å². The highest BCUT2D eigenvalue weighted by Crippen LogP contribution is 2.22. The van der Waals surface area contributed by atoms with Crippen LogP contribution in [0.5, 0.6) is 0 Å². The zero-order valence-corrected chi connectivity index (χ0v) is 10.9. The number of rotatable bonds is 3. The lowest BCUT2D eigenvalue weighted by Gasteiger charge is -2.21. The van der Waals surface area contributed by atoms with Crippen LogP contribution in [0.2, 0.25) is 0 Å². The first-order valence-electron chi connectivity index (χ1n) is 5.61. The van der Waals surface area contributed by atoms with Crippen molar-refractivity contribution in [1.82, 2.24) is 0 Å². The molecule has 100 valence electrons. The summed E-state index contributed by atoms with van der Waals surface area (Å²) in [5.41, 5.74) is -0.403. The smallest absolute Gasteiger partial charge is 0.328 e. The molecule has 0 spiro atoms. The van der Waals surface area contributed by atoms with Gasteiger partial charge in [0.2, 0.25) is 0 Å². The molecule has 1 rings (SSSR count). The Morgan fingerprint density at radius 1 is 1.37 bits per heavy atom. The summed E-state index contributed by atoms with van der Waals surface area (Å²) < 4.78 is 5.13. The van der Waals surface area contributed by atoms with Crippen molar-refractivity contribution in [3.8, 4) is 6.07 Å². The van der Waals surface area contributed by atoms with Crippen LogP contribution in [0.25, 0.3) is 0 Å². The van der Waals surface area contributed by atoms with Crippen LogP contribution in [0.15, 0.2) is 24.3 Å². The van der Waals surface area contributed by atoms with E-state index in [1.807, 2.05) is 6.07 Å². The van der Waals surface area contributed by atoms with Gasteiger partial charge in [0.25, 0.3) is 5.69 Å². The largest absolute Gasteiger partial charge is 0.459 e. The van der Waals surface area contributed by atoms with Crippen LogP contribution in [0, 0.1) is 21.4 Å². The van der Waals surface area contributed by atoms with Crippen LogP contribution in [-0.2, 0) is 9.53 Å². The van der Waals surface area contributed by atoms with Gasteiger partial charge < -0.3 is 4.74 Å². The van der Waals surface area contributed by atoms with Crippen LogP contribution < -0.4 is 0 Å². The minimum absolute atomic E-state index is 0.0929. The van der Waals surface area contributed by atoms with Crippen LogP contribution in [0.1, 0.15) is 32.3 Å². The van der Waals surface area contributed by atoms with Gasteiger partial charge in [0.05, 0.1) is 11.0 Å². The number of hydrogen-bond donors (Lipinski definition) is 0. The van der Waals surface area contributed by atoms with Crippen molar-refractivity contribution in [3.05, 3.63) is 39.9 Å². The summed E-state index contributed by atoms with van der Waals surface area (Å²) in [6, 6.07) is 7.12. The zero-order chi connectivity index (χ0) is 14.6. The molecule has 0 fully saturated rings. The van der Waals surface area contributed by atoms with E-state index in [4.69, 9.17) is 10.00 Å². The number of esters is 1. The molecule has 0 amide bonds. The number of hydrogen-bond acceptors (Lipinski definition) is 5. The van der Waals surface area contributed by atoms with E-state index >= 15 is 0 Å². The van der Waals surface area contributed by atoms with E-state index in [2.05, 4.69) is 0 Å². The third-order valence-electron chi connectivity index (χ3n) is 2.21. The van der Waals surface area contributed by atoms with Gasteiger partial charge in [-0.25, -0.2) is 0 Å². The molecule has 0 N–H and O–H groups in total. The molecule has 0 aromatic heterocycles. The Hall–Kier alpha value is -2.42. The summed E-state index contributed by atoms with van der Waals surface area (Å²) in [7, 11) is 0. The van der Waals surface area contributed by atoms with Gasteiger partial charge in [0.1, 0.15) is 5.60 Å². The Morgan fingerprint density at radius 3 is 2.26 bits per heavy atom. The van der Waals surface area contributed by atoms with Gasteiger partial charge >= 0.3 is 5.97 Å². The molecular weight excluding hydrogens is 248 g/mol. The fourth-order valence-corrected chi connectivity index (χ4v) is 1.41. The van der Waals surface area contributed by atoms with Crippen LogP contribution in [0.3, 0.4) is 0 Å². The highest BCUT2D eigenvalue weighted by molar-refractivity contribution is 5.81. The summed E-state index contributed by atoms with van der Waals surface area (Å²) >= 11 is 0. The van der Waals surface area contributed by atoms with Crippen molar-refractivity contribution in [2.75, 3.05) is 0 Å². The standard InChI is InChI=1S/C13H14N2O4/c1-13(2,3)19-12(16)11(8-14)9-4-6-10(7-5-9)15(17)18/h4-7,11H,1-3H3. The third-order valence-corrected chi connectivity index (χ3v) is 2.21. The normalized spacial score (nSPS) is 12.3. The highest BCUT2D eigenvalue weighted by Gasteiger charge is 2.26. The van der Waals surface area contributed by atoms with E-state index in [0.717, 1.165) is 0 Å². The maximum Gasteiger partial charge on any atom is 0.328 e. The molecule has 0 aliphatic carbocycles. The molecule has 1 aromatic carbocycles. The number of nitro benzene ring substituents is 1. The van der Waals surface area contributed by atoms with Gasteiger partial charge in [0.15, 0.2) is 5.92 Å². The van der Waals surface area contributed by atoms with E-state index < -0.39 is 22.4 Å². The second-order valence-electron chi connectivity index (χ2n) is 4.94. The van der Waals surface area contributed by atoms with Crippen molar-refractivity contribution >= 4 is 11.7 Å². The molecular formula is C13H14N2O4. The van der Waals surface area contributed by atoms with Crippen molar-refractivity contribution in [1.29, 1.82) is 5.26 Å². The molecule has 6 heteroatoms. The van der Waals surface area contributed by atoms with Crippen molar-refractivity contribution in [2.24, 2.45) is 0 Å². The molecule has 0 saturated heterocycles. The van der Waals surface area contributed by atoms with Gasteiger partial charge in [0, 0.05) is 12.1 Å². The lowest BCUT2D eigenvalue weighted by Crippen LogP contribution is -2.27. The summed E-state index contributed by atoms with van der Waals surface area (Å²) in [6.07, 6.45) is 0. The van der Waals surface area contributed by atoms with E-state index in [-0.39, 0.29) is 5.69 Å². The fraction of sp³-hybridized carbons (Fsp3) is 0.385. The minimum atomic E-state index is -1.08. The van der Waals surface area contributed by atoms with E-state index in [1.165, 1.54) is 24.3 Å². The second kappa shape index (κ2) is 5.48. The summed E-state index contributed by atoms with van der Waals surface area (Å²) in [6.45, 7) is 5.11. The summed E-state index contributed by atoms with van der Waals surface area (Å²) in [4.78, 5) is 21.8. The fourth-order valence-electron chi connectivity index (χ4n) is 1.41. The zero-order valence-electron chi connectivity index (χ0n) is 10.9. The molecule has 1 atom stereocenters. The quantitative estimate of drug-likeness (QED) is 0.474. The number of nitro groups is 1. The average Bonchev–Trinajstić information content (AvgIpc) is 2.28. The lowest BCUT2D eigenvalue weighted by molar-refractivity contribution is -0.384. The van der Waals surface area contributed by atoms with Crippen LogP contribution >= 0.6 is 0 Å². The monoisotopic (exact) mass is 262 g/mol. The first kappa shape index (κ1) is 14.6. The van der Waals surface area contributed by atoms with Crippen molar-refractivity contribution in [2.45, 2.75) is 32.3 Å². The van der Waals surface area contributed by atoms with Crippen LogP contribution in [0.4, 0.5) is 5.69 Å². The van der Waals surface area contributed by atoms with Crippen molar-refractivity contribution in [3.63, 3.8) is 0 Å². The molecule has 0 radical (unpaired) electrons. The van der Waals surface area contributed by atoms with Gasteiger partial charge in [-0.3, -0.25) is 14.9 Å². The van der Waals surface area contributed by atoms with Gasteiger partial charge in [-0.1, -0.05) is 12.1 Å². The first-order valence-corrected chi connectivity index (χ1v) is 5.61. The molecule has 6 nitrogen and oxygen atoms in total. The Morgan fingerprint density at radius 2 is 1.89 bits per heavy atom. The van der Waals surface area contributed by atoms with Crippen molar-refractivity contribution < 1.29 is 14.5 Å². The minimum Gasteiger partial charge on any atom is -0.459 e. The topological polar surface area (TPSA) is 93.2 Å². The third kappa shape index (κ3) is 4.07. The molecule has 19 heavy (non-hydrogen) atoms. The molecule has 0 aliphatic rings. The molecule has 0 saturated carbocycles. The van der Waals surface area contributed by atoms with Gasteiger partial charge in [-0.2, -0.15) is 5.26 Å². The predicted octanol–water partition coefficient (Wildman–Crippen LogP) is 2.54. The number of nitriles is 1. The Labute approximate surface area is 110 Å². The molecule has 1 unspecified atom stereocenters.